The van der Waals surface area contributed by atoms with Crippen LogP contribution in [0.15, 0.2) is 0 Å². The van der Waals surface area contributed by atoms with Crippen molar-refractivity contribution in [1.82, 2.24) is 10.6 Å². The Hall–Kier alpha value is -0.610. The van der Waals surface area contributed by atoms with Gasteiger partial charge in [-0.2, -0.15) is 0 Å². The first-order valence-corrected chi connectivity index (χ1v) is 3.79. The summed E-state index contributed by atoms with van der Waals surface area (Å²) < 4.78 is 0. The molecule has 0 bridgehead atoms. The molecule has 0 unspecified atom stereocenters. The van der Waals surface area contributed by atoms with Crippen LogP contribution in [0.3, 0.4) is 0 Å². The molecule has 0 radical (unpaired) electrons. The molecule has 1 aliphatic carbocycles. The van der Waals surface area contributed by atoms with E-state index in [4.69, 9.17) is 5.11 Å². The maximum atomic E-state index is 11.0. The van der Waals surface area contributed by atoms with Crippen molar-refractivity contribution in [2.24, 2.45) is 0 Å². The molecule has 0 heterocycles. The minimum Gasteiger partial charge on any atom is -0.394 e. The molecule has 64 valence electrons. The number of carbonyl (C=O) groups is 1. The summed E-state index contributed by atoms with van der Waals surface area (Å²) in [4.78, 5) is 11.0. The number of aliphatic hydroxyl groups excluding tert-OH is 1. The summed E-state index contributed by atoms with van der Waals surface area (Å²) in [6, 6.07) is 0. The summed E-state index contributed by atoms with van der Waals surface area (Å²) in [6.07, 6.45) is 1.80. The van der Waals surface area contributed by atoms with Crippen LogP contribution in [0.2, 0.25) is 0 Å². The standard InChI is InChI=1S/C7H14N2O2/c1-8-4-6(11)9-7(5-10)2-3-7/h8,10H,2-5H2,1H3,(H,9,11). The molecule has 4 heteroatoms. The quantitative estimate of drug-likeness (QED) is 0.484. The molecule has 1 rings (SSSR count). The molecule has 4 nitrogen and oxygen atoms in total. The third-order valence-corrected chi connectivity index (χ3v) is 1.90. The lowest BCUT2D eigenvalue weighted by atomic mass is 10.3. The summed E-state index contributed by atoms with van der Waals surface area (Å²) in [6.45, 7) is 0.379. The van der Waals surface area contributed by atoms with Gasteiger partial charge in [0.05, 0.1) is 18.7 Å². The van der Waals surface area contributed by atoms with Gasteiger partial charge in [0.1, 0.15) is 0 Å². The lowest BCUT2D eigenvalue weighted by Gasteiger charge is -2.13. The highest BCUT2D eigenvalue weighted by Gasteiger charge is 2.43. The Balaban J connectivity index is 2.24. The molecule has 1 amide bonds. The maximum Gasteiger partial charge on any atom is 0.234 e. The van der Waals surface area contributed by atoms with Crippen molar-refractivity contribution in [1.29, 1.82) is 0 Å². The number of nitrogens with one attached hydrogen (secondary N) is 2. The molecular weight excluding hydrogens is 144 g/mol. The Morgan fingerprint density at radius 1 is 1.64 bits per heavy atom. The minimum absolute atomic E-state index is 0.0425. The molecule has 1 saturated carbocycles. The van der Waals surface area contributed by atoms with Crippen molar-refractivity contribution in [2.75, 3.05) is 20.2 Å². The Morgan fingerprint density at radius 2 is 2.27 bits per heavy atom. The first-order valence-electron chi connectivity index (χ1n) is 3.79. The molecular formula is C7H14N2O2. The number of hydrogen-bond donors (Lipinski definition) is 3. The van der Waals surface area contributed by atoms with Crippen molar-refractivity contribution in [3.05, 3.63) is 0 Å². The predicted molar refractivity (Wildman–Crippen MR) is 41.1 cm³/mol. The van der Waals surface area contributed by atoms with Gasteiger partial charge in [0, 0.05) is 0 Å². The van der Waals surface area contributed by atoms with E-state index < -0.39 is 0 Å². The Morgan fingerprint density at radius 3 is 2.64 bits per heavy atom. The van der Waals surface area contributed by atoms with E-state index in [9.17, 15) is 4.79 Å². The summed E-state index contributed by atoms with van der Waals surface area (Å²) in [5, 5.41) is 14.4. The molecule has 1 fully saturated rings. The molecule has 0 aromatic heterocycles. The van der Waals surface area contributed by atoms with Crippen LogP contribution in [0.25, 0.3) is 0 Å². The maximum absolute atomic E-state index is 11.0. The van der Waals surface area contributed by atoms with Crippen LogP contribution < -0.4 is 10.6 Å². The average molecular weight is 158 g/mol. The molecule has 0 spiro atoms. The normalized spacial score (nSPS) is 19.5. The number of hydrogen-bond acceptors (Lipinski definition) is 3. The van der Waals surface area contributed by atoms with E-state index in [1.165, 1.54) is 0 Å². The van der Waals surface area contributed by atoms with Crippen LogP contribution in [0.1, 0.15) is 12.8 Å². The fourth-order valence-electron chi connectivity index (χ4n) is 0.974. The molecule has 0 aromatic carbocycles. The van der Waals surface area contributed by atoms with Crippen LogP contribution >= 0.6 is 0 Å². The van der Waals surface area contributed by atoms with E-state index in [-0.39, 0.29) is 18.1 Å². The highest BCUT2D eigenvalue weighted by Crippen LogP contribution is 2.34. The second kappa shape index (κ2) is 3.19. The van der Waals surface area contributed by atoms with Crippen LogP contribution in [-0.4, -0.2) is 36.8 Å². The average Bonchev–Trinajstić information content (AvgIpc) is 2.70. The van der Waals surface area contributed by atoms with Gasteiger partial charge < -0.3 is 15.7 Å². The summed E-state index contributed by atoms with van der Waals surface area (Å²) in [5.41, 5.74) is -0.270. The van der Waals surface area contributed by atoms with E-state index in [1.54, 1.807) is 7.05 Å². The van der Waals surface area contributed by atoms with Gasteiger partial charge in [-0.25, -0.2) is 0 Å². The smallest absolute Gasteiger partial charge is 0.234 e. The van der Waals surface area contributed by atoms with E-state index in [0.29, 0.717) is 6.54 Å². The van der Waals surface area contributed by atoms with Gasteiger partial charge in [-0.1, -0.05) is 0 Å². The molecule has 0 aliphatic heterocycles. The van der Waals surface area contributed by atoms with Crippen molar-refractivity contribution < 1.29 is 9.90 Å². The molecule has 0 aromatic rings. The van der Waals surface area contributed by atoms with Crippen molar-refractivity contribution in [2.45, 2.75) is 18.4 Å². The third kappa shape index (κ3) is 2.17. The van der Waals surface area contributed by atoms with Crippen LogP contribution in [0.5, 0.6) is 0 Å². The molecule has 0 atom stereocenters. The highest BCUT2D eigenvalue weighted by molar-refractivity contribution is 5.79. The zero-order valence-corrected chi connectivity index (χ0v) is 6.68. The first-order chi connectivity index (χ1) is 5.22. The van der Waals surface area contributed by atoms with Gasteiger partial charge in [-0.15, -0.1) is 0 Å². The first kappa shape index (κ1) is 8.49. The Labute approximate surface area is 66.0 Å². The number of likely N-dealkylation sites (N-methyl/N-ethyl adjacent to an activating group) is 1. The lowest BCUT2D eigenvalue weighted by molar-refractivity contribution is -0.121. The fraction of sp³-hybridized carbons (Fsp3) is 0.857. The van der Waals surface area contributed by atoms with Crippen molar-refractivity contribution in [3.8, 4) is 0 Å². The molecule has 1 aliphatic rings. The zero-order chi connectivity index (χ0) is 8.32. The summed E-state index contributed by atoms with van der Waals surface area (Å²) in [5.74, 6) is -0.0425. The third-order valence-electron chi connectivity index (χ3n) is 1.90. The number of carbonyl (C=O) groups excluding carboxylic acids is 1. The fourth-order valence-corrected chi connectivity index (χ4v) is 0.974. The van der Waals surface area contributed by atoms with Gasteiger partial charge in [0.2, 0.25) is 5.91 Å². The van der Waals surface area contributed by atoms with Crippen LogP contribution in [0.4, 0.5) is 0 Å². The van der Waals surface area contributed by atoms with E-state index >= 15 is 0 Å². The SMILES string of the molecule is CNCC(=O)NC1(CO)CC1. The topological polar surface area (TPSA) is 61.4 Å². The van der Waals surface area contributed by atoms with Gasteiger partial charge in [-0.05, 0) is 19.9 Å². The van der Waals surface area contributed by atoms with Gasteiger partial charge >= 0.3 is 0 Å². The Bertz CT molecular complexity index is 155. The van der Waals surface area contributed by atoms with Crippen LogP contribution in [0, 0.1) is 0 Å². The second-order valence-electron chi connectivity index (χ2n) is 3.02. The molecule has 0 saturated heterocycles. The monoisotopic (exact) mass is 158 g/mol. The molecule has 3 N–H and O–H groups in total. The van der Waals surface area contributed by atoms with E-state index in [0.717, 1.165) is 12.8 Å². The zero-order valence-electron chi connectivity index (χ0n) is 6.68. The molecule has 11 heavy (non-hydrogen) atoms. The minimum atomic E-state index is -0.270. The number of aliphatic hydroxyl groups is 1. The second-order valence-corrected chi connectivity index (χ2v) is 3.02. The van der Waals surface area contributed by atoms with E-state index in [1.807, 2.05) is 0 Å². The lowest BCUT2D eigenvalue weighted by Crippen LogP contribution is -2.43. The van der Waals surface area contributed by atoms with Crippen LogP contribution in [-0.2, 0) is 4.79 Å². The summed E-state index contributed by atoms with van der Waals surface area (Å²) >= 11 is 0. The van der Waals surface area contributed by atoms with Crippen molar-refractivity contribution >= 4 is 5.91 Å². The Kier molecular flexibility index (Phi) is 2.46. The van der Waals surface area contributed by atoms with E-state index in [2.05, 4.69) is 10.6 Å². The highest BCUT2D eigenvalue weighted by atomic mass is 16.3. The van der Waals surface area contributed by atoms with Gasteiger partial charge in [0.25, 0.3) is 0 Å². The predicted octanol–water partition coefficient (Wildman–Crippen LogP) is -1.15. The van der Waals surface area contributed by atoms with Crippen molar-refractivity contribution in [3.63, 3.8) is 0 Å². The van der Waals surface area contributed by atoms with Gasteiger partial charge in [-0.3, -0.25) is 4.79 Å². The largest absolute Gasteiger partial charge is 0.394 e. The number of rotatable bonds is 4. The van der Waals surface area contributed by atoms with Gasteiger partial charge in [0.15, 0.2) is 0 Å². The number of amides is 1. The summed E-state index contributed by atoms with van der Waals surface area (Å²) in [7, 11) is 1.72.